The van der Waals surface area contributed by atoms with Crippen molar-refractivity contribution in [3.63, 3.8) is 0 Å². The van der Waals surface area contributed by atoms with E-state index in [2.05, 4.69) is 35.9 Å². The highest BCUT2D eigenvalue weighted by molar-refractivity contribution is 9.15. The number of hydrogen-bond acceptors (Lipinski definition) is 3. The van der Waals surface area contributed by atoms with E-state index in [-0.39, 0.29) is 29.8 Å². The average molecular weight is 477 g/mol. The molecule has 0 N–H and O–H groups in total. The molecule has 0 aliphatic heterocycles. The van der Waals surface area contributed by atoms with Crippen molar-refractivity contribution in [2.24, 2.45) is 17.3 Å². The first-order valence-electron chi connectivity index (χ1n) is 10.4. The third kappa shape index (κ3) is 5.08. The average Bonchev–Trinajstić information content (AvgIpc) is 3.33. The number of carbonyl (C=O) groups is 1. The summed E-state index contributed by atoms with van der Waals surface area (Å²) in [5.74, 6) is 1.33. The zero-order valence-electron chi connectivity index (χ0n) is 17.6. The van der Waals surface area contributed by atoms with Crippen LogP contribution in [0.1, 0.15) is 25.0 Å². The maximum Gasteiger partial charge on any atom is 0.310 e. The molecule has 1 saturated carbocycles. The first kappa shape index (κ1) is 21.4. The van der Waals surface area contributed by atoms with Gasteiger partial charge in [-0.3, -0.25) is 4.79 Å². The molecule has 2 atom stereocenters. The van der Waals surface area contributed by atoms with E-state index in [1.807, 2.05) is 84.9 Å². The summed E-state index contributed by atoms with van der Waals surface area (Å²) in [6.45, 7) is 4.45. The first-order valence-corrected chi connectivity index (χ1v) is 11.2. The molecule has 1 aliphatic carbocycles. The highest BCUT2D eigenvalue weighted by Crippen LogP contribution is 2.60. The Morgan fingerprint density at radius 2 is 1.58 bits per heavy atom. The molecule has 3 aromatic carbocycles. The summed E-state index contributed by atoms with van der Waals surface area (Å²) in [5, 5.41) is 0. The van der Waals surface area contributed by atoms with Crippen LogP contribution in [-0.2, 0) is 16.1 Å². The Morgan fingerprint density at radius 3 is 2.29 bits per heavy atom. The van der Waals surface area contributed by atoms with Gasteiger partial charge in [-0.1, -0.05) is 96.5 Å². The monoisotopic (exact) mass is 476 g/mol. The second-order valence-electron chi connectivity index (χ2n) is 8.38. The number of carbonyl (C=O) groups excluding carboxylic acids is 1. The Balaban J connectivity index is 1.37. The Bertz CT molecular complexity index is 1070. The fourth-order valence-corrected chi connectivity index (χ4v) is 4.41. The lowest BCUT2D eigenvalue weighted by Crippen LogP contribution is -2.10. The van der Waals surface area contributed by atoms with E-state index in [1.165, 1.54) is 0 Å². The highest BCUT2D eigenvalue weighted by Gasteiger charge is 2.61. The van der Waals surface area contributed by atoms with E-state index in [0.717, 1.165) is 27.1 Å². The molecular formula is C27H25BrO3. The normalized spacial score (nSPS) is 19.5. The van der Waals surface area contributed by atoms with Crippen LogP contribution in [0.3, 0.4) is 0 Å². The summed E-state index contributed by atoms with van der Waals surface area (Å²) in [6.07, 6.45) is 2.13. The molecule has 0 spiro atoms. The van der Waals surface area contributed by atoms with Crippen LogP contribution in [0.25, 0.3) is 4.48 Å². The summed E-state index contributed by atoms with van der Waals surface area (Å²) in [5.41, 5.74) is 1.88. The van der Waals surface area contributed by atoms with E-state index < -0.39 is 0 Å². The number of halogens is 1. The first-order chi connectivity index (χ1) is 14.9. The fourth-order valence-electron chi connectivity index (χ4n) is 3.86. The molecule has 2 unspecified atom stereocenters. The van der Waals surface area contributed by atoms with Gasteiger partial charge in [-0.15, -0.1) is 0 Å². The zero-order chi connectivity index (χ0) is 21.8. The summed E-state index contributed by atoms with van der Waals surface area (Å²) in [7, 11) is 0. The number of ether oxygens (including phenoxy) is 2. The Kier molecular flexibility index (Phi) is 6.28. The van der Waals surface area contributed by atoms with Crippen LogP contribution >= 0.6 is 15.9 Å². The molecular weight excluding hydrogens is 452 g/mol. The minimum Gasteiger partial charge on any atom is -0.461 e. The lowest BCUT2D eigenvalue weighted by molar-refractivity contribution is -0.147. The van der Waals surface area contributed by atoms with Gasteiger partial charge in [-0.05, 0) is 46.7 Å². The molecule has 0 heterocycles. The van der Waals surface area contributed by atoms with Gasteiger partial charge >= 0.3 is 5.97 Å². The van der Waals surface area contributed by atoms with Crippen molar-refractivity contribution in [2.75, 3.05) is 0 Å². The number of benzene rings is 3. The quantitative estimate of drug-likeness (QED) is 0.337. The van der Waals surface area contributed by atoms with Crippen LogP contribution in [0.4, 0.5) is 0 Å². The predicted molar refractivity (Wildman–Crippen MR) is 127 cm³/mol. The molecule has 1 fully saturated rings. The van der Waals surface area contributed by atoms with E-state index in [4.69, 9.17) is 9.47 Å². The number of rotatable bonds is 7. The number of hydrogen-bond donors (Lipinski definition) is 0. The molecule has 0 saturated heterocycles. The maximum absolute atomic E-state index is 12.8. The minimum absolute atomic E-state index is 0.122. The second-order valence-corrected chi connectivity index (χ2v) is 9.23. The third-order valence-corrected chi connectivity index (χ3v) is 6.52. The molecule has 0 amide bonds. The fraction of sp³-hybridized carbons (Fsp3) is 0.222. The van der Waals surface area contributed by atoms with Crippen LogP contribution < -0.4 is 4.74 Å². The zero-order valence-corrected chi connectivity index (χ0v) is 19.2. The van der Waals surface area contributed by atoms with Gasteiger partial charge in [0.1, 0.15) is 18.1 Å². The van der Waals surface area contributed by atoms with Gasteiger partial charge in [0.25, 0.3) is 0 Å². The van der Waals surface area contributed by atoms with Crippen molar-refractivity contribution in [1.29, 1.82) is 0 Å². The summed E-state index contributed by atoms with van der Waals surface area (Å²) < 4.78 is 12.5. The number of allylic oxidation sites excluding steroid dienone is 1. The predicted octanol–water partition coefficient (Wildman–Crippen LogP) is 7.23. The lowest BCUT2D eigenvalue weighted by atomic mass is 10.1. The smallest absolute Gasteiger partial charge is 0.310 e. The SMILES string of the molecule is CC1(C)C(/C=C(\Br)c2ccccc2)C1C(=O)OCc1cccc(Oc2ccccc2)c1. The summed E-state index contributed by atoms with van der Waals surface area (Å²) in [4.78, 5) is 12.8. The maximum atomic E-state index is 12.8. The van der Waals surface area contributed by atoms with Gasteiger partial charge in [0.15, 0.2) is 0 Å². The Hall–Kier alpha value is -2.85. The van der Waals surface area contributed by atoms with Gasteiger partial charge in [-0.2, -0.15) is 0 Å². The van der Waals surface area contributed by atoms with Crippen molar-refractivity contribution in [2.45, 2.75) is 20.5 Å². The van der Waals surface area contributed by atoms with Gasteiger partial charge in [0.2, 0.25) is 0 Å². The molecule has 3 nitrogen and oxygen atoms in total. The highest BCUT2D eigenvalue weighted by atomic mass is 79.9. The standard InChI is InChI=1S/C27H25BrO3/c1-27(2)23(17-24(28)20-11-5-3-6-12-20)25(27)26(29)30-18-19-10-9-15-22(16-19)31-21-13-7-4-8-14-21/h3-17,23,25H,18H2,1-2H3/b24-17-. The Labute approximate surface area is 191 Å². The van der Waals surface area contributed by atoms with Crippen molar-refractivity contribution in [3.8, 4) is 11.5 Å². The number of esters is 1. The molecule has 4 rings (SSSR count). The molecule has 0 aromatic heterocycles. The second kappa shape index (κ2) is 9.11. The van der Waals surface area contributed by atoms with Crippen LogP contribution in [-0.4, -0.2) is 5.97 Å². The van der Waals surface area contributed by atoms with Crippen LogP contribution in [0, 0.1) is 17.3 Å². The molecule has 0 bridgehead atoms. The summed E-state index contributed by atoms with van der Waals surface area (Å²) in [6, 6.07) is 27.4. The molecule has 1 aliphatic rings. The minimum atomic E-state index is -0.158. The van der Waals surface area contributed by atoms with E-state index in [0.29, 0.717) is 0 Å². The van der Waals surface area contributed by atoms with Gasteiger partial charge in [0, 0.05) is 4.48 Å². The number of para-hydroxylation sites is 1. The lowest BCUT2D eigenvalue weighted by Gasteiger charge is -2.09. The molecule has 4 heteroatoms. The Morgan fingerprint density at radius 1 is 0.935 bits per heavy atom. The van der Waals surface area contributed by atoms with Crippen molar-refractivity contribution in [1.82, 2.24) is 0 Å². The summed E-state index contributed by atoms with van der Waals surface area (Å²) >= 11 is 3.66. The van der Waals surface area contributed by atoms with Gasteiger partial charge in [-0.25, -0.2) is 0 Å². The molecule has 3 aromatic rings. The van der Waals surface area contributed by atoms with Crippen molar-refractivity contribution in [3.05, 3.63) is 102 Å². The van der Waals surface area contributed by atoms with Gasteiger partial charge < -0.3 is 9.47 Å². The van der Waals surface area contributed by atoms with Crippen LogP contribution in [0.15, 0.2) is 91.0 Å². The van der Waals surface area contributed by atoms with Crippen molar-refractivity contribution >= 4 is 26.4 Å². The van der Waals surface area contributed by atoms with E-state index >= 15 is 0 Å². The van der Waals surface area contributed by atoms with E-state index in [1.54, 1.807) is 0 Å². The van der Waals surface area contributed by atoms with Crippen LogP contribution in [0.5, 0.6) is 11.5 Å². The third-order valence-electron chi connectivity index (χ3n) is 5.80. The van der Waals surface area contributed by atoms with Gasteiger partial charge in [0.05, 0.1) is 5.92 Å². The largest absolute Gasteiger partial charge is 0.461 e. The van der Waals surface area contributed by atoms with E-state index in [9.17, 15) is 4.79 Å². The molecule has 158 valence electrons. The molecule has 0 radical (unpaired) electrons. The topological polar surface area (TPSA) is 35.5 Å². The molecule has 31 heavy (non-hydrogen) atoms. The van der Waals surface area contributed by atoms with Crippen molar-refractivity contribution < 1.29 is 14.3 Å². The van der Waals surface area contributed by atoms with Crippen LogP contribution in [0.2, 0.25) is 0 Å².